The van der Waals surface area contributed by atoms with Crippen molar-refractivity contribution >= 4 is 15.9 Å². The summed E-state index contributed by atoms with van der Waals surface area (Å²) in [4.78, 5) is 27.7. The standard InChI is InChI=1S/C23H23N3O4S/c27-22(21-12-7-13-25(23(21)28)18-19-8-3-1-4-9-19)24-14-16-26(17-15-24)31(29,30)20-10-5-2-6-11-20/h1-13H,14-18H2. The van der Waals surface area contributed by atoms with E-state index in [0.717, 1.165) is 5.56 Å². The van der Waals surface area contributed by atoms with Gasteiger partial charge in [-0.1, -0.05) is 48.5 Å². The van der Waals surface area contributed by atoms with Crippen molar-refractivity contribution in [3.05, 3.63) is 100 Å². The van der Waals surface area contributed by atoms with Crippen molar-refractivity contribution < 1.29 is 13.2 Å². The van der Waals surface area contributed by atoms with Crippen LogP contribution in [0.4, 0.5) is 0 Å². The van der Waals surface area contributed by atoms with Crippen molar-refractivity contribution in [3.8, 4) is 0 Å². The molecule has 0 aliphatic carbocycles. The van der Waals surface area contributed by atoms with E-state index in [9.17, 15) is 18.0 Å². The maximum atomic E-state index is 13.0. The van der Waals surface area contributed by atoms with E-state index in [0.29, 0.717) is 6.54 Å². The number of carbonyl (C=O) groups excluding carboxylic acids is 1. The van der Waals surface area contributed by atoms with Crippen molar-refractivity contribution in [2.75, 3.05) is 26.2 Å². The van der Waals surface area contributed by atoms with Crippen LogP contribution in [0.25, 0.3) is 0 Å². The number of hydrogen-bond donors (Lipinski definition) is 0. The molecule has 0 atom stereocenters. The zero-order valence-corrected chi connectivity index (χ0v) is 17.7. The van der Waals surface area contributed by atoms with E-state index >= 15 is 0 Å². The second-order valence-electron chi connectivity index (χ2n) is 7.35. The predicted octanol–water partition coefficient (Wildman–Crippen LogP) is 2.04. The van der Waals surface area contributed by atoms with Crippen LogP contribution in [0.3, 0.4) is 0 Å². The van der Waals surface area contributed by atoms with Crippen LogP contribution in [0.5, 0.6) is 0 Å². The highest BCUT2D eigenvalue weighted by atomic mass is 32.2. The molecular formula is C23H23N3O4S. The van der Waals surface area contributed by atoms with Crippen molar-refractivity contribution in [3.63, 3.8) is 0 Å². The SMILES string of the molecule is O=C(c1cccn(Cc2ccccc2)c1=O)N1CCN(S(=O)(=O)c2ccccc2)CC1. The largest absolute Gasteiger partial charge is 0.336 e. The van der Waals surface area contributed by atoms with E-state index in [1.165, 1.54) is 14.9 Å². The van der Waals surface area contributed by atoms with Gasteiger partial charge < -0.3 is 9.47 Å². The van der Waals surface area contributed by atoms with Gasteiger partial charge in [0.1, 0.15) is 5.56 Å². The van der Waals surface area contributed by atoms with Crippen LogP contribution in [0, 0.1) is 0 Å². The van der Waals surface area contributed by atoms with Gasteiger partial charge in [-0.2, -0.15) is 4.31 Å². The van der Waals surface area contributed by atoms with E-state index in [2.05, 4.69) is 0 Å². The number of rotatable bonds is 5. The Bertz CT molecular complexity index is 1220. The number of amides is 1. The minimum atomic E-state index is -3.60. The zero-order chi connectivity index (χ0) is 21.8. The molecule has 31 heavy (non-hydrogen) atoms. The summed E-state index contributed by atoms with van der Waals surface area (Å²) in [6, 6.07) is 21.0. The lowest BCUT2D eigenvalue weighted by molar-refractivity contribution is 0.0695. The van der Waals surface area contributed by atoms with Crippen LogP contribution in [0.15, 0.2) is 88.7 Å². The van der Waals surface area contributed by atoms with Gasteiger partial charge >= 0.3 is 0 Å². The van der Waals surface area contributed by atoms with Gasteiger partial charge in [0.25, 0.3) is 11.5 Å². The van der Waals surface area contributed by atoms with Gasteiger partial charge in [0.15, 0.2) is 0 Å². The molecule has 0 N–H and O–H groups in total. The summed E-state index contributed by atoms with van der Waals surface area (Å²) >= 11 is 0. The molecule has 2 aromatic carbocycles. The quantitative estimate of drug-likeness (QED) is 0.612. The molecule has 1 aliphatic heterocycles. The number of piperazine rings is 1. The van der Waals surface area contributed by atoms with Crippen LogP contribution in [0.1, 0.15) is 15.9 Å². The lowest BCUT2D eigenvalue weighted by Gasteiger charge is -2.34. The third-order valence-corrected chi connectivity index (χ3v) is 7.27. The Balaban J connectivity index is 1.47. The molecule has 0 radical (unpaired) electrons. The molecule has 2 heterocycles. The van der Waals surface area contributed by atoms with E-state index < -0.39 is 10.0 Å². The topological polar surface area (TPSA) is 79.7 Å². The van der Waals surface area contributed by atoms with E-state index in [1.807, 2.05) is 30.3 Å². The minimum absolute atomic E-state index is 0.0952. The third kappa shape index (κ3) is 4.45. The fraction of sp³-hybridized carbons (Fsp3) is 0.217. The Kier molecular flexibility index (Phi) is 6.01. The number of pyridine rings is 1. The molecular weight excluding hydrogens is 414 g/mol. The molecule has 160 valence electrons. The average Bonchev–Trinajstić information content (AvgIpc) is 2.81. The predicted molar refractivity (Wildman–Crippen MR) is 117 cm³/mol. The Hall–Kier alpha value is -3.23. The first-order valence-electron chi connectivity index (χ1n) is 10.0. The molecule has 1 aromatic heterocycles. The molecule has 0 spiro atoms. The number of sulfonamides is 1. The summed E-state index contributed by atoms with van der Waals surface area (Å²) in [6.45, 7) is 1.22. The third-order valence-electron chi connectivity index (χ3n) is 5.35. The molecule has 7 nitrogen and oxygen atoms in total. The van der Waals surface area contributed by atoms with Crippen LogP contribution >= 0.6 is 0 Å². The van der Waals surface area contributed by atoms with Crippen molar-refractivity contribution in [1.29, 1.82) is 0 Å². The van der Waals surface area contributed by atoms with Crippen LogP contribution in [0.2, 0.25) is 0 Å². The lowest BCUT2D eigenvalue weighted by atomic mass is 10.2. The highest BCUT2D eigenvalue weighted by Gasteiger charge is 2.31. The van der Waals surface area contributed by atoms with Crippen molar-refractivity contribution in [2.24, 2.45) is 0 Å². The van der Waals surface area contributed by atoms with Gasteiger partial charge in [0.2, 0.25) is 10.0 Å². The van der Waals surface area contributed by atoms with E-state index in [1.54, 1.807) is 47.5 Å². The Labute approximate surface area is 181 Å². The smallest absolute Gasteiger partial charge is 0.263 e. The second-order valence-corrected chi connectivity index (χ2v) is 9.29. The highest BCUT2D eigenvalue weighted by Crippen LogP contribution is 2.18. The van der Waals surface area contributed by atoms with E-state index in [-0.39, 0.29) is 48.1 Å². The van der Waals surface area contributed by atoms with Gasteiger partial charge in [0.05, 0.1) is 11.4 Å². The zero-order valence-electron chi connectivity index (χ0n) is 16.9. The number of carbonyl (C=O) groups is 1. The summed E-state index contributed by atoms with van der Waals surface area (Å²) in [5.41, 5.74) is 0.711. The van der Waals surface area contributed by atoms with Gasteiger partial charge in [0, 0.05) is 32.4 Å². The summed E-state index contributed by atoms with van der Waals surface area (Å²) < 4.78 is 28.4. The van der Waals surface area contributed by atoms with Crippen molar-refractivity contribution in [1.82, 2.24) is 13.8 Å². The molecule has 1 fully saturated rings. The molecule has 1 aliphatic rings. The molecule has 0 saturated carbocycles. The lowest BCUT2D eigenvalue weighted by Crippen LogP contribution is -2.51. The Morgan fingerprint density at radius 1 is 0.806 bits per heavy atom. The van der Waals surface area contributed by atoms with Crippen LogP contribution in [-0.4, -0.2) is 54.3 Å². The first kappa shape index (κ1) is 21.0. The monoisotopic (exact) mass is 437 g/mol. The molecule has 8 heteroatoms. The average molecular weight is 438 g/mol. The molecule has 0 unspecified atom stereocenters. The number of aromatic nitrogens is 1. The second kappa shape index (κ2) is 8.87. The summed E-state index contributed by atoms with van der Waals surface area (Å²) in [7, 11) is -3.60. The molecule has 1 saturated heterocycles. The molecule has 1 amide bonds. The number of nitrogens with zero attached hydrogens (tertiary/aromatic N) is 3. The molecule has 4 rings (SSSR count). The number of benzene rings is 2. The van der Waals surface area contributed by atoms with Gasteiger partial charge in [-0.25, -0.2) is 8.42 Å². The van der Waals surface area contributed by atoms with Crippen LogP contribution in [-0.2, 0) is 16.6 Å². The fourth-order valence-corrected chi connectivity index (χ4v) is 5.09. The maximum absolute atomic E-state index is 13.0. The van der Waals surface area contributed by atoms with Gasteiger partial charge in [-0.15, -0.1) is 0 Å². The van der Waals surface area contributed by atoms with Gasteiger partial charge in [-0.05, 0) is 29.8 Å². The van der Waals surface area contributed by atoms with E-state index in [4.69, 9.17) is 0 Å². The Morgan fingerprint density at radius 3 is 2.06 bits per heavy atom. The minimum Gasteiger partial charge on any atom is -0.336 e. The first-order valence-corrected chi connectivity index (χ1v) is 11.5. The van der Waals surface area contributed by atoms with Crippen molar-refractivity contribution in [2.45, 2.75) is 11.4 Å². The fourth-order valence-electron chi connectivity index (χ4n) is 3.65. The first-order chi connectivity index (χ1) is 15.0. The van der Waals surface area contributed by atoms with Crippen LogP contribution < -0.4 is 5.56 Å². The number of hydrogen-bond acceptors (Lipinski definition) is 4. The van der Waals surface area contributed by atoms with Gasteiger partial charge in [-0.3, -0.25) is 9.59 Å². The maximum Gasteiger partial charge on any atom is 0.263 e. The normalized spacial score (nSPS) is 15.0. The highest BCUT2D eigenvalue weighted by molar-refractivity contribution is 7.89. The summed E-state index contributed by atoms with van der Waals surface area (Å²) in [5, 5.41) is 0. The summed E-state index contributed by atoms with van der Waals surface area (Å²) in [5.74, 6) is -0.371. The molecule has 3 aromatic rings. The summed E-state index contributed by atoms with van der Waals surface area (Å²) in [6.07, 6.45) is 1.66. The molecule has 0 bridgehead atoms. The Morgan fingerprint density at radius 2 is 1.42 bits per heavy atom.